The molecule has 0 atom stereocenters. The first-order valence-electron chi connectivity index (χ1n) is 5.04. The summed E-state index contributed by atoms with van der Waals surface area (Å²) in [5, 5.41) is 4.01. The molecule has 0 N–H and O–H groups in total. The van der Waals surface area contributed by atoms with Crippen LogP contribution in [0.5, 0.6) is 5.88 Å². The van der Waals surface area contributed by atoms with Gasteiger partial charge >= 0.3 is 5.97 Å². The summed E-state index contributed by atoms with van der Waals surface area (Å²) in [4.78, 5) is 11.0. The highest BCUT2D eigenvalue weighted by atomic mass is 19.1. The number of nitrogens with zero attached hydrogens (tertiary/aromatic N) is 2. The third-order valence-corrected chi connectivity index (χ3v) is 2.28. The predicted molar refractivity (Wildman–Crippen MR) is 59.9 cm³/mol. The Kier molecular flexibility index (Phi) is 2.91. The molecule has 4 nitrogen and oxygen atoms in total. The Balaban J connectivity index is 2.45. The number of hydrogen-bond acceptors (Lipinski definition) is 3. The lowest BCUT2D eigenvalue weighted by atomic mass is 10.1. The van der Waals surface area contributed by atoms with E-state index in [1.807, 2.05) is 0 Å². The monoisotopic (exact) mass is 234 g/mol. The maximum absolute atomic E-state index is 12.8. The van der Waals surface area contributed by atoms with Gasteiger partial charge in [-0.05, 0) is 17.7 Å². The van der Waals surface area contributed by atoms with E-state index in [2.05, 4.69) is 5.10 Å². The molecule has 1 heterocycles. The maximum atomic E-state index is 12.8. The molecular formula is C12H11FN2O2. The first-order chi connectivity index (χ1) is 8.08. The van der Waals surface area contributed by atoms with Crippen molar-refractivity contribution in [1.82, 2.24) is 9.78 Å². The van der Waals surface area contributed by atoms with E-state index in [-0.39, 0.29) is 5.82 Å². The average molecular weight is 234 g/mol. The lowest BCUT2D eigenvalue weighted by molar-refractivity contribution is -0.132. The molecule has 0 spiro atoms. The van der Waals surface area contributed by atoms with Crippen LogP contribution < -0.4 is 4.74 Å². The summed E-state index contributed by atoms with van der Waals surface area (Å²) in [5.74, 6) is -0.382. The molecule has 5 heteroatoms. The molecule has 0 aliphatic rings. The molecule has 0 aliphatic carbocycles. The van der Waals surface area contributed by atoms with Crippen molar-refractivity contribution >= 4 is 5.97 Å². The van der Waals surface area contributed by atoms with Crippen molar-refractivity contribution in [3.63, 3.8) is 0 Å². The summed E-state index contributed by atoms with van der Waals surface area (Å²) in [7, 11) is 1.67. The minimum atomic E-state index is -0.419. The first kappa shape index (κ1) is 11.3. The fourth-order valence-corrected chi connectivity index (χ4v) is 1.51. The summed E-state index contributed by atoms with van der Waals surface area (Å²) >= 11 is 0. The molecule has 0 saturated heterocycles. The highest BCUT2D eigenvalue weighted by molar-refractivity contribution is 5.74. The molecule has 2 rings (SSSR count). The second kappa shape index (κ2) is 4.37. The number of aromatic nitrogens is 2. The Morgan fingerprint density at radius 2 is 2.00 bits per heavy atom. The van der Waals surface area contributed by atoms with Crippen LogP contribution in [0.25, 0.3) is 11.1 Å². The number of benzene rings is 1. The van der Waals surface area contributed by atoms with Crippen LogP contribution in [0.15, 0.2) is 30.5 Å². The van der Waals surface area contributed by atoms with Gasteiger partial charge in [0.25, 0.3) is 0 Å². The molecule has 1 aromatic heterocycles. The van der Waals surface area contributed by atoms with Crippen molar-refractivity contribution in [2.24, 2.45) is 7.05 Å². The van der Waals surface area contributed by atoms with E-state index < -0.39 is 5.97 Å². The van der Waals surface area contributed by atoms with Gasteiger partial charge in [0.1, 0.15) is 5.82 Å². The lowest BCUT2D eigenvalue weighted by Crippen LogP contribution is -2.06. The van der Waals surface area contributed by atoms with Gasteiger partial charge in [-0.25, -0.2) is 9.07 Å². The number of aryl methyl sites for hydroxylation is 1. The summed E-state index contributed by atoms with van der Waals surface area (Å²) in [6.45, 7) is 1.32. The molecule has 2 aromatic rings. The van der Waals surface area contributed by atoms with Crippen LogP contribution in [0.3, 0.4) is 0 Å². The van der Waals surface area contributed by atoms with E-state index in [1.54, 1.807) is 25.4 Å². The van der Waals surface area contributed by atoms with Crippen LogP contribution in [0.2, 0.25) is 0 Å². The van der Waals surface area contributed by atoms with E-state index in [0.29, 0.717) is 11.4 Å². The zero-order valence-electron chi connectivity index (χ0n) is 9.48. The molecular weight excluding hydrogens is 223 g/mol. The van der Waals surface area contributed by atoms with E-state index in [1.165, 1.54) is 23.7 Å². The smallest absolute Gasteiger partial charge is 0.309 e. The van der Waals surface area contributed by atoms with Gasteiger partial charge in [-0.3, -0.25) is 4.79 Å². The Morgan fingerprint density at radius 1 is 1.35 bits per heavy atom. The van der Waals surface area contributed by atoms with Crippen molar-refractivity contribution in [2.45, 2.75) is 6.92 Å². The second-order valence-corrected chi connectivity index (χ2v) is 3.59. The van der Waals surface area contributed by atoms with E-state index in [9.17, 15) is 9.18 Å². The Hall–Kier alpha value is -2.17. The Morgan fingerprint density at radius 3 is 2.59 bits per heavy atom. The van der Waals surface area contributed by atoms with E-state index >= 15 is 0 Å². The fourth-order valence-electron chi connectivity index (χ4n) is 1.51. The number of hydrogen-bond donors (Lipinski definition) is 0. The first-order valence-corrected chi connectivity index (χ1v) is 5.04. The van der Waals surface area contributed by atoms with Crippen LogP contribution in [0, 0.1) is 5.82 Å². The average Bonchev–Trinajstić information content (AvgIpc) is 2.61. The van der Waals surface area contributed by atoms with Crippen molar-refractivity contribution < 1.29 is 13.9 Å². The Labute approximate surface area is 97.6 Å². The highest BCUT2D eigenvalue weighted by Crippen LogP contribution is 2.29. The lowest BCUT2D eigenvalue weighted by Gasteiger charge is -2.05. The predicted octanol–water partition coefficient (Wildman–Crippen LogP) is 2.15. The van der Waals surface area contributed by atoms with Crippen molar-refractivity contribution in [2.75, 3.05) is 0 Å². The van der Waals surface area contributed by atoms with Crippen LogP contribution in [0.4, 0.5) is 4.39 Å². The molecule has 0 saturated carbocycles. The molecule has 1 aromatic carbocycles. The topological polar surface area (TPSA) is 44.1 Å². The molecule has 0 bridgehead atoms. The SMILES string of the molecule is CC(=O)Oc1c(-c2ccc(F)cc2)cnn1C. The summed E-state index contributed by atoms with van der Waals surface area (Å²) in [5.41, 5.74) is 1.40. The van der Waals surface area contributed by atoms with Crippen molar-refractivity contribution in [1.29, 1.82) is 0 Å². The number of ether oxygens (including phenoxy) is 1. The highest BCUT2D eigenvalue weighted by Gasteiger charge is 2.13. The molecule has 0 unspecified atom stereocenters. The van der Waals surface area contributed by atoms with Gasteiger partial charge in [-0.1, -0.05) is 12.1 Å². The third kappa shape index (κ3) is 2.33. The van der Waals surface area contributed by atoms with Gasteiger partial charge in [0.2, 0.25) is 5.88 Å². The minimum absolute atomic E-state index is 0.313. The molecule has 0 radical (unpaired) electrons. The third-order valence-electron chi connectivity index (χ3n) is 2.28. The van der Waals surface area contributed by atoms with Crippen LogP contribution >= 0.6 is 0 Å². The zero-order valence-corrected chi connectivity index (χ0v) is 9.48. The summed E-state index contributed by atoms with van der Waals surface area (Å²) < 4.78 is 19.3. The summed E-state index contributed by atoms with van der Waals surface area (Å²) in [6.07, 6.45) is 1.57. The normalized spacial score (nSPS) is 10.3. The van der Waals surface area contributed by atoms with Crippen molar-refractivity contribution in [3.8, 4) is 17.0 Å². The van der Waals surface area contributed by atoms with Gasteiger partial charge in [0, 0.05) is 14.0 Å². The van der Waals surface area contributed by atoms with Gasteiger partial charge in [-0.2, -0.15) is 5.10 Å². The molecule has 0 amide bonds. The van der Waals surface area contributed by atoms with Crippen LogP contribution in [-0.2, 0) is 11.8 Å². The zero-order chi connectivity index (χ0) is 12.4. The Bertz CT molecular complexity index is 546. The number of esters is 1. The van der Waals surface area contributed by atoms with Gasteiger partial charge in [0.05, 0.1) is 11.8 Å². The maximum Gasteiger partial charge on any atom is 0.309 e. The number of carbonyl (C=O) groups is 1. The quantitative estimate of drug-likeness (QED) is 0.748. The number of halogens is 1. The molecule has 0 fully saturated rings. The molecule has 17 heavy (non-hydrogen) atoms. The number of rotatable bonds is 2. The van der Waals surface area contributed by atoms with Crippen LogP contribution in [0.1, 0.15) is 6.92 Å². The van der Waals surface area contributed by atoms with Gasteiger partial charge in [-0.15, -0.1) is 0 Å². The second-order valence-electron chi connectivity index (χ2n) is 3.59. The van der Waals surface area contributed by atoms with E-state index in [0.717, 1.165) is 5.56 Å². The van der Waals surface area contributed by atoms with Gasteiger partial charge < -0.3 is 4.74 Å². The molecule has 88 valence electrons. The van der Waals surface area contributed by atoms with Gasteiger partial charge in [0.15, 0.2) is 0 Å². The molecule has 0 aliphatic heterocycles. The summed E-state index contributed by atoms with van der Waals surface area (Å²) in [6, 6.07) is 5.92. The van der Waals surface area contributed by atoms with Crippen molar-refractivity contribution in [3.05, 3.63) is 36.3 Å². The fraction of sp³-hybridized carbons (Fsp3) is 0.167. The van der Waals surface area contributed by atoms with E-state index in [4.69, 9.17) is 4.74 Å². The minimum Gasteiger partial charge on any atom is -0.407 e. The standard InChI is InChI=1S/C12H11FN2O2/c1-8(16)17-12-11(7-14-15(12)2)9-3-5-10(13)6-4-9/h3-7H,1-2H3. The number of carbonyl (C=O) groups excluding carboxylic acids is 1. The van der Waals surface area contributed by atoms with Crippen LogP contribution in [-0.4, -0.2) is 15.7 Å². The largest absolute Gasteiger partial charge is 0.407 e.